The average Bonchev–Trinajstić information content (AvgIpc) is 3.25. The first-order valence-corrected chi connectivity index (χ1v) is 17.1. The summed E-state index contributed by atoms with van der Waals surface area (Å²) in [4.78, 5) is 34.0. The maximum absolute atomic E-state index is 13.4. The number of amides is 1. The summed E-state index contributed by atoms with van der Waals surface area (Å²) in [6.07, 6.45) is 6.97. The number of piperidine rings is 1. The lowest BCUT2D eigenvalue weighted by Crippen LogP contribution is -2.44. The maximum atomic E-state index is 13.4. The van der Waals surface area contributed by atoms with Crippen LogP contribution in [0.4, 0.5) is 0 Å². The summed E-state index contributed by atoms with van der Waals surface area (Å²) in [6, 6.07) is 6.70. The fourth-order valence-electron chi connectivity index (χ4n) is 4.56. The molecular formula is C27H34ClN7O2Si. The number of hydrogen-bond donors (Lipinski definition) is 1. The van der Waals surface area contributed by atoms with Crippen LogP contribution >= 0.6 is 11.6 Å². The van der Waals surface area contributed by atoms with Crippen molar-refractivity contribution in [3.63, 3.8) is 0 Å². The normalized spacial score (nSPS) is 15.4. The van der Waals surface area contributed by atoms with Crippen LogP contribution in [-0.2, 0) is 11.5 Å². The quantitative estimate of drug-likeness (QED) is 0.247. The lowest BCUT2D eigenvalue weighted by molar-refractivity contribution is 0.0783. The number of imidazole rings is 1. The topological polar surface area (TPSA) is 98.1 Å². The van der Waals surface area contributed by atoms with Crippen molar-refractivity contribution in [2.75, 3.05) is 26.7 Å². The second kappa shape index (κ2) is 11.1. The minimum atomic E-state index is -1.24. The van der Waals surface area contributed by atoms with Gasteiger partial charge in [-0.2, -0.15) is 0 Å². The van der Waals surface area contributed by atoms with Crippen LogP contribution in [0.15, 0.2) is 36.8 Å². The fraction of sp³-hybridized carbons (Fsp3) is 0.444. The molecule has 0 aliphatic carbocycles. The summed E-state index contributed by atoms with van der Waals surface area (Å²) in [5.74, 6) is 0.111. The summed E-state index contributed by atoms with van der Waals surface area (Å²) in [5, 5.41) is 4.54. The molecule has 5 heterocycles. The second-order valence-corrected chi connectivity index (χ2v) is 17.2. The smallest absolute Gasteiger partial charge is 0.287 e. The number of carbonyl (C=O) groups is 1. The van der Waals surface area contributed by atoms with Crippen molar-refractivity contribution in [2.45, 2.75) is 51.3 Å². The number of rotatable bonds is 8. The van der Waals surface area contributed by atoms with E-state index in [2.05, 4.69) is 41.9 Å². The molecule has 0 atom stereocenters. The lowest BCUT2D eigenvalue weighted by atomic mass is 10.1. The van der Waals surface area contributed by atoms with Crippen LogP contribution in [0.3, 0.4) is 0 Å². The molecule has 0 unspecified atom stereocenters. The Balaban J connectivity index is 1.46. The lowest BCUT2D eigenvalue weighted by Gasteiger charge is -2.29. The van der Waals surface area contributed by atoms with Crippen molar-refractivity contribution in [1.82, 2.24) is 34.7 Å². The number of fused-ring (bicyclic) bond motifs is 2. The molecule has 1 amide bonds. The fourth-order valence-corrected chi connectivity index (χ4v) is 5.57. The Hall–Kier alpha value is -2.92. The monoisotopic (exact) mass is 551 g/mol. The van der Waals surface area contributed by atoms with Gasteiger partial charge in [0.2, 0.25) is 5.82 Å². The van der Waals surface area contributed by atoms with Crippen LogP contribution in [0, 0.1) is 0 Å². The van der Waals surface area contributed by atoms with E-state index in [-0.39, 0.29) is 18.7 Å². The molecule has 0 spiro atoms. The number of nitrogens with zero attached hydrogens (tertiary/aromatic N) is 6. The van der Waals surface area contributed by atoms with Gasteiger partial charge in [-0.1, -0.05) is 31.2 Å². The van der Waals surface area contributed by atoms with Gasteiger partial charge in [0.15, 0.2) is 5.65 Å². The largest absolute Gasteiger partial charge is 0.361 e. The molecule has 4 aromatic rings. The van der Waals surface area contributed by atoms with Crippen LogP contribution < -0.4 is 5.32 Å². The van der Waals surface area contributed by atoms with Crippen LogP contribution in [0.2, 0.25) is 30.7 Å². The van der Waals surface area contributed by atoms with Gasteiger partial charge in [-0.25, -0.2) is 15.0 Å². The van der Waals surface area contributed by atoms with E-state index in [1.54, 1.807) is 29.2 Å². The highest BCUT2D eigenvalue weighted by atomic mass is 35.5. The Bertz CT molecular complexity index is 1460. The van der Waals surface area contributed by atoms with Gasteiger partial charge in [-0.05, 0) is 57.2 Å². The predicted molar refractivity (Wildman–Crippen MR) is 153 cm³/mol. The molecular weight excluding hydrogens is 518 g/mol. The third kappa shape index (κ3) is 6.04. The van der Waals surface area contributed by atoms with Crippen molar-refractivity contribution in [2.24, 2.45) is 0 Å². The van der Waals surface area contributed by atoms with E-state index in [9.17, 15) is 4.79 Å². The van der Waals surface area contributed by atoms with E-state index in [1.165, 1.54) is 0 Å². The van der Waals surface area contributed by atoms with Gasteiger partial charge in [-0.15, -0.1) is 0 Å². The van der Waals surface area contributed by atoms with Crippen LogP contribution in [0.1, 0.15) is 23.5 Å². The van der Waals surface area contributed by atoms with Gasteiger partial charge in [0, 0.05) is 50.3 Å². The molecule has 9 nitrogen and oxygen atoms in total. The summed E-state index contributed by atoms with van der Waals surface area (Å²) in [5.41, 5.74) is 3.41. The zero-order valence-electron chi connectivity index (χ0n) is 22.4. The standard InChI is InChI=1S/C27H34ClN7O2Si/c1-34-9-6-19(7-10-34)31-27(36)26-33-24-13-18(23-14-21(28)20-16-29-8-5-22(20)32-23)15-30-25(24)35(26)17-37-11-12-38(2,3)4/h5,8,13-16,19H,6-7,9-12,17H2,1-4H3,(H,31,36). The summed E-state index contributed by atoms with van der Waals surface area (Å²) in [6.45, 7) is 9.73. The van der Waals surface area contributed by atoms with E-state index >= 15 is 0 Å². The Morgan fingerprint density at radius 2 is 1.95 bits per heavy atom. The first-order chi connectivity index (χ1) is 18.2. The van der Waals surface area contributed by atoms with Crippen molar-refractivity contribution < 1.29 is 9.53 Å². The van der Waals surface area contributed by atoms with Crippen molar-refractivity contribution >= 4 is 47.6 Å². The molecule has 1 N–H and O–H groups in total. The highest BCUT2D eigenvalue weighted by Crippen LogP contribution is 2.29. The molecule has 11 heteroatoms. The van der Waals surface area contributed by atoms with Crippen LogP contribution in [-0.4, -0.2) is 76.2 Å². The molecule has 0 aromatic carbocycles. The minimum Gasteiger partial charge on any atom is -0.361 e. The van der Waals surface area contributed by atoms with Gasteiger partial charge in [0.25, 0.3) is 5.91 Å². The van der Waals surface area contributed by atoms with E-state index in [4.69, 9.17) is 31.3 Å². The third-order valence-corrected chi connectivity index (χ3v) is 8.93. The molecule has 5 rings (SSSR count). The Labute approximate surface area is 228 Å². The molecule has 38 heavy (non-hydrogen) atoms. The zero-order valence-corrected chi connectivity index (χ0v) is 24.1. The van der Waals surface area contributed by atoms with E-state index < -0.39 is 8.07 Å². The molecule has 1 aliphatic heterocycles. The summed E-state index contributed by atoms with van der Waals surface area (Å²) >= 11 is 6.52. The van der Waals surface area contributed by atoms with Gasteiger partial charge in [-0.3, -0.25) is 14.3 Å². The molecule has 4 aromatic heterocycles. The number of carbonyl (C=O) groups excluding carboxylic acids is 1. The van der Waals surface area contributed by atoms with Gasteiger partial charge < -0.3 is 15.0 Å². The van der Waals surface area contributed by atoms with Crippen LogP contribution in [0.25, 0.3) is 33.3 Å². The third-order valence-electron chi connectivity index (χ3n) is 6.91. The van der Waals surface area contributed by atoms with Crippen molar-refractivity contribution in [1.29, 1.82) is 0 Å². The van der Waals surface area contributed by atoms with E-state index in [0.717, 1.165) is 48.4 Å². The van der Waals surface area contributed by atoms with Crippen LogP contribution in [0.5, 0.6) is 0 Å². The van der Waals surface area contributed by atoms with Gasteiger partial charge in [0.05, 0.1) is 16.2 Å². The molecule has 1 saturated heterocycles. The molecule has 0 saturated carbocycles. The first-order valence-electron chi connectivity index (χ1n) is 13.0. The Morgan fingerprint density at radius 1 is 1.16 bits per heavy atom. The maximum Gasteiger partial charge on any atom is 0.287 e. The molecule has 200 valence electrons. The summed E-state index contributed by atoms with van der Waals surface area (Å²) < 4.78 is 7.81. The number of aromatic nitrogens is 5. The number of likely N-dealkylation sites (tertiary alicyclic amines) is 1. The number of halogens is 1. The van der Waals surface area contributed by atoms with Crippen molar-refractivity contribution in [3.8, 4) is 11.3 Å². The van der Waals surface area contributed by atoms with Gasteiger partial charge >= 0.3 is 0 Å². The van der Waals surface area contributed by atoms with Crippen molar-refractivity contribution in [3.05, 3.63) is 47.6 Å². The second-order valence-electron chi connectivity index (χ2n) is 11.2. The predicted octanol–water partition coefficient (Wildman–Crippen LogP) is 4.83. The number of nitrogens with one attached hydrogen (secondary N) is 1. The highest BCUT2D eigenvalue weighted by Gasteiger charge is 2.24. The zero-order chi connectivity index (χ0) is 26.9. The molecule has 1 fully saturated rings. The minimum absolute atomic E-state index is 0.127. The van der Waals surface area contributed by atoms with E-state index in [1.807, 2.05) is 12.1 Å². The Morgan fingerprint density at radius 3 is 2.71 bits per heavy atom. The summed E-state index contributed by atoms with van der Waals surface area (Å²) in [7, 11) is 0.861. The average molecular weight is 552 g/mol. The Kier molecular flexibility index (Phi) is 7.76. The first kappa shape index (κ1) is 26.7. The highest BCUT2D eigenvalue weighted by molar-refractivity contribution is 6.76. The number of ether oxygens (including phenoxy) is 1. The SMILES string of the molecule is CN1CCC(NC(=O)c2nc3cc(-c4cc(Cl)c5cnccc5n4)cnc3n2COCC[Si](C)(C)C)CC1. The molecule has 0 radical (unpaired) electrons. The molecule has 0 bridgehead atoms. The van der Waals surface area contributed by atoms with Gasteiger partial charge in [0.1, 0.15) is 12.2 Å². The number of pyridine rings is 3. The van der Waals surface area contributed by atoms with E-state index in [0.29, 0.717) is 34.3 Å². The number of hydrogen-bond acceptors (Lipinski definition) is 7. The molecule has 1 aliphatic rings.